The predicted octanol–water partition coefficient (Wildman–Crippen LogP) is 2.33. The van der Waals surface area contributed by atoms with Crippen LogP contribution in [-0.4, -0.2) is 30.1 Å². The largest absolute Gasteiger partial charge is 0.478 e. The number of anilines is 1. The summed E-state index contributed by atoms with van der Waals surface area (Å²) in [6.45, 7) is 0.161. The summed E-state index contributed by atoms with van der Waals surface area (Å²) in [5.74, 6) is -4.71. The summed E-state index contributed by atoms with van der Waals surface area (Å²) < 4.78 is 26.5. The maximum absolute atomic E-state index is 13.3. The molecule has 1 aliphatic heterocycles. The van der Waals surface area contributed by atoms with Crippen LogP contribution in [0.1, 0.15) is 16.8 Å². The highest BCUT2D eigenvalue weighted by atomic mass is 19.2. The monoisotopic (exact) mass is 296 g/mol. The molecule has 1 aliphatic rings. The quantitative estimate of drug-likeness (QED) is 0.523. The Hall–Kier alpha value is -2.67. The molecule has 110 valence electrons. The highest BCUT2D eigenvalue weighted by Gasteiger charge is 2.33. The lowest BCUT2D eigenvalue weighted by Gasteiger charge is -2.19. The lowest BCUT2D eigenvalue weighted by atomic mass is 10.1. The van der Waals surface area contributed by atoms with Crippen LogP contribution >= 0.6 is 0 Å². The average molecular weight is 296 g/mol. The van der Waals surface area contributed by atoms with E-state index in [1.54, 1.807) is 0 Å². The van der Waals surface area contributed by atoms with Gasteiger partial charge in [-0.15, -0.1) is 0 Å². The fraction of sp³-hybridized carbons (Fsp3) is 0.333. The molecule has 1 aromatic rings. The lowest BCUT2D eigenvalue weighted by Crippen LogP contribution is -2.27. The van der Waals surface area contributed by atoms with Gasteiger partial charge in [-0.2, -0.15) is 0 Å². The Bertz CT molecular complexity index is 658. The second kappa shape index (κ2) is 5.76. The van der Waals surface area contributed by atoms with E-state index in [0.717, 1.165) is 4.90 Å². The normalized spacial score (nSPS) is 17.7. The number of carbonyl (C=O) groups is 2. The van der Waals surface area contributed by atoms with Crippen molar-refractivity contribution in [2.24, 2.45) is 11.0 Å². The van der Waals surface area contributed by atoms with Gasteiger partial charge in [-0.3, -0.25) is 4.79 Å². The topological polar surface area (TPSA) is 106 Å². The fourth-order valence-corrected chi connectivity index (χ4v) is 2.22. The molecule has 1 N–H and O–H groups in total. The van der Waals surface area contributed by atoms with Crippen LogP contribution in [-0.2, 0) is 4.79 Å². The molecular weight excluding hydrogens is 286 g/mol. The van der Waals surface area contributed by atoms with Crippen molar-refractivity contribution in [3.05, 3.63) is 39.8 Å². The van der Waals surface area contributed by atoms with Gasteiger partial charge in [0.15, 0.2) is 11.6 Å². The summed E-state index contributed by atoms with van der Waals surface area (Å²) in [6, 6.07) is 1.23. The minimum absolute atomic E-state index is 0.0527. The summed E-state index contributed by atoms with van der Waals surface area (Å²) in [4.78, 5) is 26.7. The number of nitrogens with zero attached hydrogens (tertiary/aromatic N) is 4. The van der Waals surface area contributed by atoms with Crippen molar-refractivity contribution < 1.29 is 23.5 Å². The number of amides is 1. The van der Waals surface area contributed by atoms with Crippen LogP contribution in [0.2, 0.25) is 0 Å². The van der Waals surface area contributed by atoms with Gasteiger partial charge in [0.1, 0.15) is 0 Å². The first-order valence-electron chi connectivity index (χ1n) is 5.97. The number of hydrogen-bond donors (Lipinski definition) is 1. The van der Waals surface area contributed by atoms with Gasteiger partial charge in [-0.25, -0.2) is 13.6 Å². The van der Waals surface area contributed by atoms with Gasteiger partial charge >= 0.3 is 5.97 Å². The molecule has 1 aromatic carbocycles. The third-order valence-electron chi connectivity index (χ3n) is 3.17. The van der Waals surface area contributed by atoms with Crippen LogP contribution in [0.5, 0.6) is 0 Å². The number of carboxylic acid groups (broad SMARTS) is 1. The molecule has 1 fully saturated rings. The molecule has 0 aromatic heterocycles. The first-order valence-corrected chi connectivity index (χ1v) is 5.97. The van der Waals surface area contributed by atoms with Gasteiger partial charge in [0.25, 0.3) is 0 Å². The van der Waals surface area contributed by atoms with Gasteiger partial charge in [0.2, 0.25) is 5.91 Å². The molecule has 1 heterocycles. The molecule has 0 aliphatic carbocycles. The zero-order valence-corrected chi connectivity index (χ0v) is 10.7. The second-order valence-corrected chi connectivity index (χ2v) is 4.58. The molecule has 0 spiro atoms. The Labute approximate surface area is 117 Å². The zero-order chi connectivity index (χ0) is 15.6. The van der Waals surface area contributed by atoms with Crippen LogP contribution in [0.25, 0.3) is 10.4 Å². The Morgan fingerprint density at radius 3 is 2.76 bits per heavy atom. The third-order valence-corrected chi connectivity index (χ3v) is 3.17. The molecule has 7 nitrogen and oxygen atoms in total. The minimum atomic E-state index is -1.46. The second-order valence-electron chi connectivity index (χ2n) is 4.58. The van der Waals surface area contributed by atoms with E-state index in [2.05, 4.69) is 10.0 Å². The highest BCUT2D eigenvalue weighted by molar-refractivity contribution is 6.03. The van der Waals surface area contributed by atoms with E-state index < -0.39 is 29.1 Å². The Balaban J connectivity index is 2.37. The van der Waals surface area contributed by atoms with Gasteiger partial charge in [0, 0.05) is 30.5 Å². The van der Waals surface area contributed by atoms with Gasteiger partial charge in [0.05, 0.1) is 11.3 Å². The summed E-state index contributed by atoms with van der Waals surface area (Å²) in [7, 11) is 0. The number of carbonyl (C=O) groups excluding carboxylic acids is 1. The van der Waals surface area contributed by atoms with E-state index in [1.165, 1.54) is 0 Å². The Kier molecular flexibility index (Phi) is 4.04. The van der Waals surface area contributed by atoms with Crippen molar-refractivity contribution in [1.29, 1.82) is 0 Å². The molecule has 1 unspecified atom stereocenters. The van der Waals surface area contributed by atoms with Crippen molar-refractivity contribution in [3.63, 3.8) is 0 Å². The van der Waals surface area contributed by atoms with Crippen molar-refractivity contribution in [3.8, 4) is 0 Å². The summed E-state index contributed by atoms with van der Waals surface area (Å²) >= 11 is 0. The third kappa shape index (κ3) is 2.92. The molecule has 0 radical (unpaired) electrons. The predicted molar refractivity (Wildman–Crippen MR) is 67.8 cm³/mol. The standard InChI is InChI=1S/C12H10F2N4O3/c13-8-2-7(12(20)21)10(3-9(8)14)18-5-6(1-11(18)19)4-16-17-15/h2-3,6H,1,4-5H2,(H,20,21). The molecule has 0 saturated carbocycles. The highest BCUT2D eigenvalue weighted by Crippen LogP contribution is 2.30. The summed E-state index contributed by atoms with van der Waals surface area (Å²) in [6.07, 6.45) is 0.0527. The molecule has 1 atom stereocenters. The van der Waals surface area contributed by atoms with Crippen LogP contribution < -0.4 is 4.90 Å². The number of halogens is 2. The molecule has 1 amide bonds. The van der Waals surface area contributed by atoms with Gasteiger partial charge in [-0.1, -0.05) is 5.11 Å². The fourth-order valence-electron chi connectivity index (χ4n) is 2.22. The van der Waals surface area contributed by atoms with Crippen molar-refractivity contribution in [2.75, 3.05) is 18.0 Å². The first kappa shape index (κ1) is 14.7. The van der Waals surface area contributed by atoms with Gasteiger partial charge in [-0.05, 0) is 17.5 Å². The molecule has 1 saturated heterocycles. The zero-order valence-electron chi connectivity index (χ0n) is 10.7. The number of azide groups is 1. The maximum Gasteiger partial charge on any atom is 0.337 e. The number of carboxylic acids is 1. The lowest BCUT2D eigenvalue weighted by molar-refractivity contribution is -0.117. The molecule has 0 bridgehead atoms. The van der Waals surface area contributed by atoms with E-state index >= 15 is 0 Å². The van der Waals surface area contributed by atoms with Crippen LogP contribution in [0.3, 0.4) is 0 Å². The van der Waals surface area contributed by atoms with Gasteiger partial charge < -0.3 is 10.0 Å². The number of aromatic carboxylic acids is 1. The molecule has 9 heteroatoms. The summed E-state index contributed by atoms with van der Waals surface area (Å²) in [5, 5.41) is 12.4. The Morgan fingerprint density at radius 1 is 1.48 bits per heavy atom. The van der Waals surface area contributed by atoms with E-state index in [1.807, 2.05) is 0 Å². The van der Waals surface area contributed by atoms with E-state index in [0.29, 0.717) is 12.1 Å². The van der Waals surface area contributed by atoms with E-state index in [9.17, 15) is 18.4 Å². The number of benzene rings is 1. The smallest absolute Gasteiger partial charge is 0.337 e. The van der Waals surface area contributed by atoms with Crippen molar-refractivity contribution >= 4 is 17.6 Å². The van der Waals surface area contributed by atoms with Crippen molar-refractivity contribution in [2.45, 2.75) is 6.42 Å². The van der Waals surface area contributed by atoms with Crippen LogP contribution in [0.4, 0.5) is 14.5 Å². The Morgan fingerprint density at radius 2 is 2.14 bits per heavy atom. The maximum atomic E-state index is 13.3. The first-order chi connectivity index (χ1) is 9.93. The molecule has 21 heavy (non-hydrogen) atoms. The average Bonchev–Trinajstić information content (AvgIpc) is 2.80. The SMILES string of the molecule is [N-]=[N+]=NCC1CC(=O)N(c2cc(F)c(F)cc2C(=O)O)C1. The molecule has 2 rings (SSSR count). The van der Waals surface area contributed by atoms with E-state index in [-0.39, 0.29) is 31.1 Å². The van der Waals surface area contributed by atoms with Crippen LogP contribution in [0, 0.1) is 17.6 Å². The summed E-state index contributed by atoms with van der Waals surface area (Å²) in [5.41, 5.74) is 7.56. The van der Waals surface area contributed by atoms with Crippen LogP contribution in [0.15, 0.2) is 17.2 Å². The van der Waals surface area contributed by atoms with E-state index in [4.69, 9.17) is 10.6 Å². The minimum Gasteiger partial charge on any atom is -0.478 e. The number of rotatable bonds is 4. The van der Waals surface area contributed by atoms with Crippen molar-refractivity contribution in [1.82, 2.24) is 0 Å². The number of hydrogen-bond acceptors (Lipinski definition) is 3. The molecular formula is C12H10F2N4O3.